The summed E-state index contributed by atoms with van der Waals surface area (Å²) in [6, 6.07) is 11.7. The Hall–Kier alpha value is -2.88. The Morgan fingerprint density at radius 3 is 2.52 bits per heavy atom. The summed E-state index contributed by atoms with van der Waals surface area (Å²) >= 11 is 0. The van der Waals surface area contributed by atoms with Gasteiger partial charge in [-0.3, -0.25) is 4.79 Å². The number of aryl methyl sites for hydroxylation is 1. The molecule has 1 aliphatic heterocycles. The van der Waals surface area contributed by atoms with Crippen LogP contribution in [0.4, 0.5) is 0 Å². The van der Waals surface area contributed by atoms with Crippen LogP contribution in [0.5, 0.6) is 5.75 Å². The van der Waals surface area contributed by atoms with Gasteiger partial charge in [0.25, 0.3) is 0 Å². The summed E-state index contributed by atoms with van der Waals surface area (Å²) in [5, 5.41) is 8.85. The summed E-state index contributed by atoms with van der Waals surface area (Å²) in [6.45, 7) is 1.92. The zero-order valence-corrected chi connectivity index (χ0v) is 11.3. The zero-order valence-electron chi connectivity index (χ0n) is 11.3. The third-order valence-corrected chi connectivity index (χ3v) is 3.28. The van der Waals surface area contributed by atoms with Crippen molar-refractivity contribution in [2.45, 2.75) is 6.92 Å². The van der Waals surface area contributed by atoms with Gasteiger partial charge < -0.3 is 9.84 Å². The summed E-state index contributed by atoms with van der Waals surface area (Å²) in [7, 11) is 0. The standard InChI is InChI=1S/C17H12O4/c1-10-2-7-14-13(8-10)16(18)15(21-14)9-11-3-5-12(6-4-11)17(19)20/h2-9H,1H3,(H,19,20)/b15-9-. The largest absolute Gasteiger partial charge is 0.478 e. The highest BCUT2D eigenvalue weighted by Crippen LogP contribution is 2.32. The Bertz CT molecular complexity index is 770. The zero-order chi connectivity index (χ0) is 15.0. The van der Waals surface area contributed by atoms with Gasteiger partial charge in [0.05, 0.1) is 11.1 Å². The van der Waals surface area contributed by atoms with Gasteiger partial charge >= 0.3 is 5.97 Å². The van der Waals surface area contributed by atoms with E-state index >= 15 is 0 Å². The van der Waals surface area contributed by atoms with Crippen LogP contribution < -0.4 is 4.74 Å². The highest BCUT2D eigenvalue weighted by molar-refractivity contribution is 6.14. The van der Waals surface area contributed by atoms with Crippen LogP contribution in [-0.4, -0.2) is 16.9 Å². The van der Waals surface area contributed by atoms with Gasteiger partial charge in [-0.25, -0.2) is 4.79 Å². The molecule has 0 radical (unpaired) electrons. The number of carboxylic acid groups (broad SMARTS) is 1. The Kier molecular flexibility index (Phi) is 3.06. The number of carboxylic acids is 1. The summed E-state index contributed by atoms with van der Waals surface area (Å²) in [5.74, 6) is -0.334. The fourth-order valence-corrected chi connectivity index (χ4v) is 2.18. The predicted molar refractivity (Wildman–Crippen MR) is 77.5 cm³/mol. The van der Waals surface area contributed by atoms with Crippen molar-refractivity contribution in [3.8, 4) is 5.75 Å². The summed E-state index contributed by atoms with van der Waals surface area (Å²) in [5.41, 5.74) is 2.48. The van der Waals surface area contributed by atoms with E-state index in [0.717, 1.165) is 5.56 Å². The van der Waals surface area contributed by atoms with E-state index in [1.54, 1.807) is 30.3 Å². The lowest BCUT2D eigenvalue weighted by molar-refractivity contribution is 0.0696. The smallest absolute Gasteiger partial charge is 0.335 e. The molecule has 4 nitrogen and oxygen atoms in total. The van der Waals surface area contributed by atoms with Gasteiger partial charge in [-0.05, 0) is 42.8 Å². The average molecular weight is 280 g/mol. The van der Waals surface area contributed by atoms with Gasteiger partial charge in [-0.1, -0.05) is 23.8 Å². The van der Waals surface area contributed by atoms with Gasteiger partial charge in [0, 0.05) is 0 Å². The molecule has 2 aromatic rings. The monoisotopic (exact) mass is 280 g/mol. The Morgan fingerprint density at radius 1 is 1.14 bits per heavy atom. The van der Waals surface area contributed by atoms with Crippen molar-refractivity contribution in [2.75, 3.05) is 0 Å². The number of aromatic carboxylic acids is 1. The molecule has 0 atom stereocenters. The molecule has 1 N–H and O–H groups in total. The number of benzene rings is 2. The third kappa shape index (κ3) is 2.43. The maximum Gasteiger partial charge on any atom is 0.335 e. The molecule has 0 unspecified atom stereocenters. The first-order chi connectivity index (χ1) is 10.0. The normalized spacial score (nSPS) is 14.9. The highest BCUT2D eigenvalue weighted by Gasteiger charge is 2.27. The van der Waals surface area contributed by atoms with E-state index in [4.69, 9.17) is 9.84 Å². The first kappa shape index (κ1) is 13.1. The molecule has 0 fully saturated rings. The molecule has 21 heavy (non-hydrogen) atoms. The number of carbonyl (C=O) groups excluding carboxylic acids is 1. The van der Waals surface area contributed by atoms with Crippen LogP contribution in [-0.2, 0) is 0 Å². The molecule has 0 saturated carbocycles. The number of hydrogen-bond acceptors (Lipinski definition) is 3. The van der Waals surface area contributed by atoms with Gasteiger partial charge in [-0.15, -0.1) is 0 Å². The van der Waals surface area contributed by atoms with Crippen LogP contribution in [0, 0.1) is 6.92 Å². The number of ketones is 1. The molecule has 0 amide bonds. The van der Waals surface area contributed by atoms with Crippen LogP contribution >= 0.6 is 0 Å². The van der Waals surface area contributed by atoms with E-state index in [2.05, 4.69) is 0 Å². The second-order valence-corrected chi connectivity index (χ2v) is 4.87. The van der Waals surface area contributed by atoms with Gasteiger partial charge in [0.15, 0.2) is 5.76 Å². The second-order valence-electron chi connectivity index (χ2n) is 4.87. The van der Waals surface area contributed by atoms with Gasteiger partial charge in [0.2, 0.25) is 5.78 Å². The lowest BCUT2D eigenvalue weighted by atomic mass is 10.1. The molecule has 0 aromatic heterocycles. The Labute approximate surface area is 121 Å². The van der Waals surface area contributed by atoms with Crippen LogP contribution in [0.3, 0.4) is 0 Å². The van der Waals surface area contributed by atoms with Crippen LogP contribution in [0.1, 0.15) is 31.8 Å². The molecule has 3 rings (SSSR count). The van der Waals surface area contributed by atoms with E-state index in [1.165, 1.54) is 12.1 Å². The van der Waals surface area contributed by atoms with Crippen molar-refractivity contribution in [1.29, 1.82) is 0 Å². The van der Waals surface area contributed by atoms with Crippen molar-refractivity contribution in [1.82, 2.24) is 0 Å². The van der Waals surface area contributed by atoms with Crippen molar-refractivity contribution in [3.05, 3.63) is 70.5 Å². The molecule has 0 spiro atoms. The average Bonchev–Trinajstić information content (AvgIpc) is 2.76. The molecule has 0 bridgehead atoms. The molecule has 4 heteroatoms. The molecule has 0 aliphatic carbocycles. The topological polar surface area (TPSA) is 63.6 Å². The summed E-state index contributed by atoms with van der Waals surface area (Å²) in [4.78, 5) is 23.0. The highest BCUT2D eigenvalue weighted by atomic mass is 16.5. The molecule has 1 heterocycles. The van der Waals surface area contributed by atoms with E-state index in [1.807, 2.05) is 13.0 Å². The minimum Gasteiger partial charge on any atom is -0.478 e. The SMILES string of the molecule is Cc1ccc2c(c1)C(=O)/C(=C/c1ccc(C(=O)O)cc1)O2. The Morgan fingerprint density at radius 2 is 1.86 bits per heavy atom. The fraction of sp³-hybridized carbons (Fsp3) is 0.0588. The third-order valence-electron chi connectivity index (χ3n) is 3.28. The van der Waals surface area contributed by atoms with Crippen LogP contribution in [0.25, 0.3) is 6.08 Å². The van der Waals surface area contributed by atoms with Crippen molar-refractivity contribution in [2.24, 2.45) is 0 Å². The maximum absolute atomic E-state index is 12.2. The lowest BCUT2D eigenvalue weighted by Crippen LogP contribution is -1.99. The maximum atomic E-state index is 12.2. The van der Waals surface area contributed by atoms with E-state index in [-0.39, 0.29) is 17.1 Å². The van der Waals surface area contributed by atoms with E-state index in [9.17, 15) is 9.59 Å². The minimum atomic E-state index is -0.981. The molecule has 0 saturated heterocycles. The van der Waals surface area contributed by atoms with Crippen LogP contribution in [0.15, 0.2) is 48.2 Å². The summed E-state index contributed by atoms with van der Waals surface area (Å²) in [6.07, 6.45) is 1.61. The number of rotatable bonds is 2. The van der Waals surface area contributed by atoms with E-state index < -0.39 is 5.97 Å². The first-order valence-electron chi connectivity index (χ1n) is 6.43. The fourth-order valence-electron chi connectivity index (χ4n) is 2.18. The van der Waals surface area contributed by atoms with Crippen molar-refractivity contribution >= 4 is 17.8 Å². The number of Topliss-reactive ketones (excluding diaryl/α,β-unsaturated/α-hetero) is 1. The molecular formula is C17H12O4. The van der Waals surface area contributed by atoms with Gasteiger partial charge in [-0.2, -0.15) is 0 Å². The molecule has 104 valence electrons. The predicted octanol–water partition coefficient (Wildman–Crippen LogP) is 3.31. The van der Waals surface area contributed by atoms with Crippen molar-refractivity contribution < 1.29 is 19.4 Å². The molecule has 1 aliphatic rings. The van der Waals surface area contributed by atoms with E-state index in [0.29, 0.717) is 16.9 Å². The van der Waals surface area contributed by atoms with Crippen LogP contribution in [0.2, 0.25) is 0 Å². The van der Waals surface area contributed by atoms with Gasteiger partial charge in [0.1, 0.15) is 5.75 Å². The van der Waals surface area contributed by atoms with Crippen molar-refractivity contribution in [3.63, 3.8) is 0 Å². The molecule has 2 aromatic carbocycles. The Balaban J connectivity index is 1.92. The summed E-state index contributed by atoms with van der Waals surface area (Å²) < 4.78 is 5.55. The minimum absolute atomic E-state index is 0.156. The first-order valence-corrected chi connectivity index (χ1v) is 6.43. The number of allylic oxidation sites excluding steroid dienone is 1. The lowest BCUT2D eigenvalue weighted by Gasteiger charge is -1.99. The number of fused-ring (bicyclic) bond motifs is 1. The second kappa shape index (κ2) is 4.90. The quantitative estimate of drug-likeness (QED) is 0.857. The number of carbonyl (C=O) groups is 2. The number of ether oxygens (including phenoxy) is 1. The molecular weight excluding hydrogens is 268 g/mol. The number of hydrogen-bond donors (Lipinski definition) is 1.